The number of carbonyl (C=O) groups is 2. The number of unbranched alkanes of at least 4 members (excludes halogenated alkanes) is 12. The molecule has 0 spiro atoms. The second-order valence-corrected chi connectivity index (χ2v) is 32.9. The number of rotatable bonds is 34. The Kier molecular flexibility index (Phi) is 24.8. The van der Waals surface area contributed by atoms with E-state index in [1.807, 2.05) is 24.3 Å². The third kappa shape index (κ3) is 16.7. The van der Waals surface area contributed by atoms with Crippen molar-refractivity contribution in [1.82, 2.24) is 0 Å². The highest BCUT2D eigenvalue weighted by atomic mass is 16.5. The van der Waals surface area contributed by atoms with Crippen LogP contribution >= 0.6 is 0 Å². The molecule has 16 atom stereocenters. The van der Waals surface area contributed by atoms with Crippen LogP contribution in [0.4, 0.5) is 0 Å². The van der Waals surface area contributed by atoms with Crippen molar-refractivity contribution in [2.24, 2.45) is 92.7 Å². The lowest BCUT2D eigenvalue weighted by molar-refractivity contribution is -0.152. The molecule has 486 valence electrons. The Bertz CT molecular complexity index is 2150. The van der Waals surface area contributed by atoms with Crippen LogP contribution in [0.1, 0.15) is 313 Å². The average Bonchev–Trinajstić information content (AvgIpc) is 1.37. The Hall–Kier alpha value is -2.76. The molecule has 6 fully saturated rings. The van der Waals surface area contributed by atoms with Crippen molar-refractivity contribution < 1.29 is 28.5 Å². The molecule has 0 unspecified atom stereocenters. The van der Waals surface area contributed by atoms with Crippen molar-refractivity contribution in [2.75, 3.05) is 13.2 Å². The monoisotopic (exact) mass is 1190 g/mol. The molecule has 0 aromatic heterocycles. The summed E-state index contributed by atoms with van der Waals surface area (Å²) in [4.78, 5) is 26.1. The van der Waals surface area contributed by atoms with Crippen LogP contribution < -0.4 is 9.47 Å². The lowest BCUT2D eigenvalue weighted by atomic mass is 9.47. The first kappa shape index (κ1) is 67.6. The maximum atomic E-state index is 13.0. The zero-order chi connectivity index (χ0) is 60.9. The highest BCUT2D eigenvalue weighted by Crippen LogP contribution is 2.69. The first-order valence-corrected chi connectivity index (χ1v) is 37.5. The van der Waals surface area contributed by atoms with E-state index in [0.29, 0.717) is 34.5 Å². The summed E-state index contributed by atoms with van der Waals surface area (Å²) < 4.78 is 24.5. The van der Waals surface area contributed by atoms with Gasteiger partial charge in [-0.05, 0) is 233 Å². The molecule has 0 aliphatic heterocycles. The minimum Gasteiger partial charge on any atom is -0.494 e. The summed E-state index contributed by atoms with van der Waals surface area (Å²) in [6.45, 7) is 26.8. The second-order valence-electron chi connectivity index (χ2n) is 32.9. The van der Waals surface area contributed by atoms with Crippen LogP contribution in [0.3, 0.4) is 0 Å². The summed E-state index contributed by atoms with van der Waals surface area (Å²) in [5.74, 6) is 12.1. The lowest BCUT2D eigenvalue weighted by Crippen LogP contribution is -2.51. The molecule has 6 nitrogen and oxygen atoms in total. The van der Waals surface area contributed by atoms with Crippen molar-refractivity contribution >= 4 is 11.9 Å². The smallest absolute Gasteiger partial charge is 0.306 e. The predicted molar refractivity (Wildman–Crippen MR) is 357 cm³/mol. The topological polar surface area (TPSA) is 71.1 Å². The Balaban J connectivity index is 0.541. The van der Waals surface area contributed by atoms with E-state index in [9.17, 15) is 9.59 Å². The molecule has 6 saturated carbocycles. The molecule has 0 radical (unpaired) electrons. The maximum Gasteiger partial charge on any atom is 0.306 e. The summed E-state index contributed by atoms with van der Waals surface area (Å²) in [6, 6.07) is 8.14. The van der Waals surface area contributed by atoms with E-state index in [1.54, 1.807) is 11.1 Å². The van der Waals surface area contributed by atoms with Crippen LogP contribution in [-0.2, 0) is 19.1 Å². The largest absolute Gasteiger partial charge is 0.494 e. The van der Waals surface area contributed by atoms with E-state index in [1.165, 1.54) is 167 Å². The highest BCUT2D eigenvalue weighted by Gasteiger charge is 2.61. The molecule has 8 aliphatic rings. The van der Waals surface area contributed by atoms with Gasteiger partial charge in [-0.1, -0.05) is 195 Å². The molecule has 0 N–H and O–H groups in total. The summed E-state index contributed by atoms with van der Waals surface area (Å²) in [5, 5.41) is 0. The van der Waals surface area contributed by atoms with Gasteiger partial charge >= 0.3 is 11.9 Å². The third-order valence-electron chi connectivity index (χ3n) is 26.5. The van der Waals surface area contributed by atoms with Crippen molar-refractivity contribution in [2.45, 2.75) is 325 Å². The fourth-order valence-corrected chi connectivity index (χ4v) is 21.5. The Morgan fingerprint density at radius 2 is 0.802 bits per heavy atom. The number of hydrogen-bond acceptors (Lipinski definition) is 6. The maximum absolute atomic E-state index is 13.0. The molecule has 86 heavy (non-hydrogen) atoms. The molecule has 0 bridgehead atoms. The van der Waals surface area contributed by atoms with Crippen molar-refractivity contribution in [3.63, 3.8) is 0 Å². The number of fused-ring (bicyclic) bond motifs is 10. The van der Waals surface area contributed by atoms with Crippen LogP contribution in [0, 0.1) is 92.7 Å². The number of allylic oxidation sites excluding steroid dienone is 2. The van der Waals surface area contributed by atoms with Gasteiger partial charge in [-0.15, -0.1) is 0 Å². The number of benzene rings is 1. The van der Waals surface area contributed by atoms with Crippen molar-refractivity contribution in [3.8, 4) is 11.5 Å². The predicted octanol–water partition coefficient (Wildman–Crippen LogP) is 22.6. The van der Waals surface area contributed by atoms with Gasteiger partial charge in [0, 0.05) is 25.7 Å². The van der Waals surface area contributed by atoms with Gasteiger partial charge in [-0.25, -0.2) is 0 Å². The highest BCUT2D eigenvalue weighted by molar-refractivity contribution is 5.70. The molecule has 6 heteroatoms. The zero-order valence-electron chi connectivity index (χ0n) is 57.3. The summed E-state index contributed by atoms with van der Waals surface area (Å²) in [7, 11) is 0. The van der Waals surface area contributed by atoms with Gasteiger partial charge in [-0.2, -0.15) is 0 Å². The van der Waals surface area contributed by atoms with E-state index >= 15 is 0 Å². The minimum absolute atomic E-state index is 0.0270. The van der Waals surface area contributed by atoms with E-state index < -0.39 is 0 Å². The molecular weight excluding hydrogens is 1060 g/mol. The molecule has 0 heterocycles. The van der Waals surface area contributed by atoms with E-state index in [4.69, 9.17) is 18.9 Å². The van der Waals surface area contributed by atoms with Gasteiger partial charge in [-0.3, -0.25) is 9.59 Å². The number of carbonyl (C=O) groups excluding carboxylic acids is 2. The zero-order valence-corrected chi connectivity index (χ0v) is 57.3. The summed E-state index contributed by atoms with van der Waals surface area (Å²) >= 11 is 0. The van der Waals surface area contributed by atoms with Gasteiger partial charge in [0.05, 0.1) is 13.2 Å². The minimum atomic E-state index is 0.0270. The van der Waals surface area contributed by atoms with Gasteiger partial charge < -0.3 is 18.9 Å². The van der Waals surface area contributed by atoms with Crippen molar-refractivity contribution in [1.29, 1.82) is 0 Å². The molecule has 0 saturated heterocycles. The Morgan fingerprint density at radius 3 is 1.19 bits per heavy atom. The number of hydrogen-bond donors (Lipinski definition) is 0. The summed E-state index contributed by atoms with van der Waals surface area (Å²) in [5.41, 5.74) is 4.91. The molecular formula is C80H130O6. The molecule has 8 aliphatic carbocycles. The molecule has 1 aromatic carbocycles. The van der Waals surface area contributed by atoms with Gasteiger partial charge in [0.25, 0.3) is 0 Å². The average molecular weight is 1190 g/mol. The fraction of sp³-hybridized carbons (Fsp3) is 0.850. The van der Waals surface area contributed by atoms with Crippen molar-refractivity contribution in [3.05, 3.63) is 47.6 Å². The number of esters is 2. The lowest BCUT2D eigenvalue weighted by Gasteiger charge is -2.58. The molecule has 1 aromatic rings. The van der Waals surface area contributed by atoms with Gasteiger partial charge in [0.1, 0.15) is 23.7 Å². The second kappa shape index (κ2) is 31.5. The Labute approximate surface area is 528 Å². The molecule has 9 rings (SSSR count). The first-order valence-electron chi connectivity index (χ1n) is 37.5. The van der Waals surface area contributed by atoms with Crippen LogP contribution in [0.25, 0.3) is 0 Å². The van der Waals surface area contributed by atoms with Crippen LogP contribution in [0.5, 0.6) is 11.5 Å². The third-order valence-corrected chi connectivity index (χ3v) is 26.5. The molecule has 0 amide bonds. The van der Waals surface area contributed by atoms with Gasteiger partial charge in [0.15, 0.2) is 0 Å². The Morgan fingerprint density at radius 1 is 0.430 bits per heavy atom. The normalized spacial score (nSPS) is 34.4. The quantitative estimate of drug-likeness (QED) is 0.0389. The van der Waals surface area contributed by atoms with E-state index in [0.717, 1.165) is 160 Å². The van der Waals surface area contributed by atoms with Crippen LogP contribution in [0.2, 0.25) is 0 Å². The summed E-state index contributed by atoms with van der Waals surface area (Å²) in [6.07, 6.45) is 51.1. The van der Waals surface area contributed by atoms with E-state index in [-0.39, 0.29) is 24.1 Å². The SMILES string of the molecule is CC(C)CCC[C@@H](C)[C@H]1CC[C@H]2[C@@H]3CC=C4C[C@@H](OC(=O)CCCCCCCCCOc5ccc(OCCCCCCCCCC(=O)O[C@H]6CC[C@@]7(C)C(=CC[C@H]8[C@@H]9CC[C@H]([C@H](C)CCCC(C)C)[C@@]9(C)CC[C@@H]87)C6)cc5)CC[C@]4(C)[C@H]3CC[C@]12C. The van der Waals surface area contributed by atoms with Crippen LogP contribution in [-0.4, -0.2) is 37.4 Å². The van der Waals surface area contributed by atoms with Gasteiger partial charge in [0.2, 0.25) is 0 Å². The fourth-order valence-electron chi connectivity index (χ4n) is 21.5. The standard InChI is InChI=1S/C80H130O6/c1-57(2)27-25-29-59(5)69-41-43-71-67-39-33-61-55-65(45-49-77(61,7)73(67)47-51-79(69,71)9)85-75(81)31-21-17-13-11-15-19-23-53-83-63-35-37-64(38-36-63)84-54-24-20-16-12-14-18-22-32-76(82)86-66-46-50-78(8)62(56-66)34-40-68-72-44-42-70(60(6)30-26-28-58(3)4)80(72,10)52-48-74(68)78/h33-38,57-60,65-74H,11-32,39-56H2,1-10H3/t59-,60-,65+,66+,67+,68+,69-,70-,71+,72+,73+,74+,77+,78+,79-,80-/m1/s1. The first-order chi connectivity index (χ1) is 41.4. The van der Waals surface area contributed by atoms with E-state index in [2.05, 4.69) is 81.4 Å². The van der Waals surface area contributed by atoms with Crippen LogP contribution in [0.15, 0.2) is 47.6 Å². The number of ether oxygens (including phenoxy) is 4.